The average Bonchev–Trinajstić information content (AvgIpc) is 2.45. The largest absolute Gasteiger partial charge is 0.360 e. The van der Waals surface area contributed by atoms with Crippen LogP contribution in [0.1, 0.15) is 41.6 Å². The lowest BCUT2D eigenvalue weighted by Gasteiger charge is -2.12. The fourth-order valence-electron chi connectivity index (χ4n) is 1.32. The van der Waals surface area contributed by atoms with E-state index < -0.39 is 0 Å². The zero-order valence-electron chi connectivity index (χ0n) is 9.79. The van der Waals surface area contributed by atoms with Crippen LogP contribution >= 0.6 is 0 Å². The lowest BCUT2D eigenvalue weighted by molar-refractivity contribution is 0.0853. The van der Waals surface area contributed by atoms with E-state index in [2.05, 4.69) is 10.6 Å². The van der Waals surface area contributed by atoms with Crippen LogP contribution in [0.15, 0.2) is 4.52 Å². The molecule has 0 atom stereocenters. The van der Waals surface area contributed by atoms with Gasteiger partial charge in [0.1, 0.15) is 5.56 Å². The summed E-state index contributed by atoms with van der Waals surface area (Å²) >= 11 is 0. The van der Waals surface area contributed by atoms with E-state index in [9.17, 15) is 4.79 Å². The zero-order chi connectivity index (χ0) is 11.6. The van der Waals surface area contributed by atoms with Gasteiger partial charge in [-0.3, -0.25) is 10.2 Å². The quantitative estimate of drug-likeness (QED) is 0.766. The third-order valence-electron chi connectivity index (χ3n) is 1.97. The van der Waals surface area contributed by atoms with E-state index in [1.165, 1.54) is 0 Å². The van der Waals surface area contributed by atoms with Crippen molar-refractivity contribution >= 4 is 5.91 Å². The maximum atomic E-state index is 11.8. The van der Waals surface area contributed by atoms with Gasteiger partial charge < -0.3 is 4.52 Å². The van der Waals surface area contributed by atoms with Crippen LogP contribution in [0.25, 0.3) is 0 Å². The summed E-state index contributed by atoms with van der Waals surface area (Å²) in [5.74, 6) is 0.600. The number of nitrogens with zero attached hydrogens (tertiary/aromatic N) is 2. The molecule has 1 aromatic rings. The first kappa shape index (κ1) is 11.7. The Kier molecular flexibility index (Phi) is 3.47. The number of hydrogen-bond donors (Lipinski definition) is 1. The first-order valence-electron chi connectivity index (χ1n) is 4.88. The molecule has 0 aliphatic heterocycles. The minimum absolute atomic E-state index is 0.147. The minimum Gasteiger partial charge on any atom is -0.360 e. The first-order chi connectivity index (χ1) is 6.93. The molecule has 1 rings (SSSR count). The van der Waals surface area contributed by atoms with E-state index in [-0.39, 0.29) is 11.8 Å². The Hall–Kier alpha value is -1.36. The van der Waals surface area contributed by atoms with Crippen molar-refractivity contribution in [2.24, 2.45) is 0 Å². The molecule has 1 amide bonds. The van der Waals surface area contributed by atoms with E-state index in [1.54, 1.807) is 26.0 Å². The van der Waals surface area contributed by atoms with Gasteiger partial charge in [-0.15, -0.1) is 0 Å². The molecule has 84 valence electrons. The van der Waals surface area contributed by atoms with Crippen molar-refractivity contribution in [3.63, 3.8) is 0 Å². The van der Waals surface area contributed by atoms with Crippen LogP contribution in [-0.2, 0) is 0 Å². The summed E-state index contributed by atoms with van der Waals surface area (Å²) in [6, 6.07) is 0. The van der Waals surface area contributed by atoms with E-state index in [0.717, 1.165) is 0 Å². The van der Waals surface area contributed by atoms with Crippen LogP contribution in [0.4, 0.5) is 0 Å². The summed E-state index contributed by atoms with van der Waals surface area (Å²) in [5.41, 5.74) is 3.84. The van der Waals surface area contributed by atoms with E-state index in [4.69, 9.17) is 4.52 Å². The van der Waals surface area contributed by atoms with Gasteiger partial charge in [0.2, 0.25) is 0 Å². The number of nitrogens with one attached hydrogen (secondary N) is 1. The Morgan fingerprint density at radius 3 is 2.53 bits per heavy atom. The highest BCUT2D eigenvalue weighted by Crippen LogP contribution is 2.21. The molecule has 5 heteroatoms. The van der Waals surface area contributed by atoms with E-state index in [1.807, 2.05) is 13.8 Å². The molecule has 0 radical (unpaired) electrons. The van der Waals surface area contributed by atoms with Gasteiger partial charge in [0.25, 0.3) is 5.91 Å². The molecule has 0 aliphatic carbocycles. The average molecular weight is 211 g/mol. The van der Waals surface area contributed by atoms with Crippen LogP contribution in [0.3, 0.4) is 0 Å². The number of carbonyl (C=O) groups is 1. The molecule has 0 aliphatic rings. The molecule has 0 bridgehead atoms. The number of aromatic nitrogens is 1. The highest BCUT2D eigenvalue weighted by atomic mass is 16.5. The van der Waals surface area contributed by atoms with Crippen molar-refractivity contribution in [3.05, 3.63) is 17.0 Å². The Labute approximate surface area is 89.4 Å². The second-order valence-electron chi connectivity index (χ2n) is 4.00. The van der Waals surface area contributed by atoms with Crippen molar-refractivity contribution in [3.8, 4) is 0 Å². The summed E-state index contributed by atoms with van der Waals surface area (Å²) in [6.07, 6.45) is 0. The van der Waals surface area contributed by atoms with Gasteiger partial charge >= 0.3 is 0 Å². The number of carbonyl (C=O) groups excluding carboxylic acids is 1. The van der Waals surface area contributed by atoms with Crippen LogP contribution < -0.4 is 5.43 Å². The highest BCUT2D eigenvalue weighted by molar-refractivity contribution is 5.95. The molecule has 5 nitrogen and oxygen atoms in total. The molecule has 0 saturated carbocycles. The Bertz CT molecular complexity index is 356. The van der Waals surface area contributed by atoms with E-state index in [0.29, 0.717) is 17.0 Å². The Balaban J connectivity index is 3.01. The van der Waals surface area contributed by atoms with Crippen molar-refractivity contribution in [1.29, 1.82) is 0 Å². The predicted octanol–water partition coefficient (Wildman–Crippen LogP) is 1.31. The number of amides is 1. The number of hydrogen-bond acceptors (Lipinski definition) is 4. The Morgan fingerprint density at radius 2 is 2.07 bits per heavy atom. The first-order valence-corrected chi connectivity index (χ1v) is 4.88. The van der Waals surface area contributed by atoms with Crippen LogP contribution in [0.5, 0.6) is 0 Å². The maximum Gasteiger partial charge on any atom is 0.271 e. The van der Waals surface area contributed by atoms with Gasteiger partial charge in [-0.05, 0) is 6.92 Å². The second kappa shape index (κ2) is 4.44. The minimum atomic E-state index is -0.178. The lowest BCUT2D eigenvalue weighted by atomic mass is 10.0. The molecule has 0 saturated heterocycles. The SMILES string of the molecule is Cc1noc(C(C)C)c1C(=O)NN(C)C. The smallest absolute Gasteiger partial charge is 0.271 e. The zero-order valence-corrected chi connectivity index (χ0v) is 9.79. The molecular formula is C10H17N3O2. The van der Waals surface area contributed by atoms with Crippen LogP contribution in [0, 0.1) is 6.92 Å². The van der Waals surface area contributed by atoms with Crippen LogP contribution in [0.2, 0.25) is 0 Å². The van der Waals surface area contributed by atoms with Crippen molar-refractivity contribution < 1.29 is 9.32 Å². The Morgan fingerprint density at radius 1 is 1.47 bits per heavy atom. The molecule has 0 fully saturated rings. The number of hydrazine groups is 1. The van der Waals surface area contributed by atoms with Crippen LogP contribution in [-0.4, -0.2) is 30.2 Å². The maximum absolute atomic E-state index is 11.8. The lowest BCUT2D eigenvalue weighted by Crippen LogP contribution is -2.36. The molecule has 1 aromatic heterocycles. The predicted molar refractivity (Wildman–Crippen MR) is 56.5 cm³/mol. The fourth-order valence-corrected chi connectivity index (χ4v) is 1.32. The monoisotopic (exact) mass is 211 g/mol. The summed E-state index contributed by atoms with van der Waals surface area (Å²) in [6.45, 7) is 5.69. The molecule has 15 heavy (non-hydrogen) atoms. The molecule has 0 aromatic carbocycles. The summed E-state index contributed by atoms with van der Waals surface area (Å²) in [4.78, 5) is 11.8. The number of rotatable bonds is 3. The highest BCUT2D eigenvalue weighted by Gasteiger charge is 2.22. The molecular weight excluding hydrogens is 194 g/mol. The topological polar surface area (TPSA) is 58.4 Å². The standard InChI is InChI=1S/C10H17N3O2/c1-6(2)9-8(7(3)12-15-9)10(14)11-13(4)5/h6H,1-5H3,(H,11,14). The van der Waals surface area contributed by atoms with Gasteiger partial charge in [-0.1, -0.05) is 19.0 Å². The van der Waals surface area contributed by atoms with Gasteiger partial charge in [0.15, 0.2) is 5.76 Å². The van der Waals surface area contributed by atoms with Gasteiger partial charge in [0.05, 0.1) is 5.69 Å². The van der Waals surface area contributed by atoms with Crippen molar-refractivity contribution in [2.75, 3.05) is 14.1 Å². The molecule has 1 heterocycles. The molecule has 0 unspecified atom stereocenters. The normalized spacial score (nSPS) is 11.1. The van der Waals surface area contributed by atoms with Gasteiger partial charge in [0, 0.05) is 20.0 Å². The van der Waals surface area contributed by atoms with E-state index >= 15 is 0 Å². The summed E-state index contributed by atoms with van der Waals surface area (Å²) in [5, 5.41) is 5.41. The second-order valence-corrected chi connectivity index (χ2v) is 4.00. The fraction of sp³-hybridized carbons (Fsp3) is 0.600. The van der Waals surface area contributed by atoms with Crippen molar-refractivity contribution in [1.82, 2.24) is 15.6 Å². The third kappa shape index (κ3) is 2.56. The number of aryl methyl sites for hydroxylation is 1. The van der Waals surface area contributed by atoms with Gasteiger partial charge in [-0.25, -0.2) is 5.01 Å². The summed E-state index contributed by atoms with van der Waals surface area (Å²) in [7, 11) is 3.52. The molecule has 0 spiro atoms. The third-order valence-corrected chi connectivity index (χ3v) is 1.97. The van der Waals surface area contributed by atoms with Crippen molar-refractivity contribution in [2.45, 2.75) is 26.7 Å². The summed E-state index contributed by atoms with van der Waals surface area (Å²) < 4.78 is 5.13. The molecule has 1 N–H and O–H groups in total. The van der Waals surface area contributed by atoms with Gasteiger partial charge in [-0.2, -0.15) is 0 Å².